The Bertz CT molecular complexity index is 715. The monoisotopic (exact) mass is 350 g/mol. The van der Waals surface area contributed by atoms with E-state index in [1.54, 1.807) is 30.3 Å². The van der Waals surface area contributed by atoms with Gasteiger partial charge in [0.25, 0.3) is 5.91 Å². The molecule has 0 radical (unpaired) electrons. The molecule has 120 valence electrons. The third-order valence-corrected chi connectivity index (χ3v) is 4.24. The van der Waals surface area contributed by atoms with Crippen molar-refractivity contribution in [3.05, 3.63) is 58.1 Å². The third-order valence-electron chi connectivity index (χ3n) is 3.68. The van der Waals surface area contributed by atoms with Crippen molar-refractivity contribution in [1.29, 1.82) is 0 Å². The second-order valence-corrected chi connectivity index (χ2v) is 6.04. The normalized spacial score (nSPS) is 14.6. The fourth-order valence-corrected chi connectivity index (χ4v) is 2.92. The summed E-state index contributed by atoms with van der Waals surface area (Å²) in [5, 5.41) is 3.90. The lowest BCUT2D eigenvalue weighted by Crippen LogP contribution is -2.36. The Balaban J connectivity index is 1.88. The highest BCUT2D eigenvalue weighted by atomic mass is 35.5. The average molecular weight is 351 g/mol. The molecule has 0 atom stereocenters. The number of hydrogen-bond acceptors (Lipinski definition) is 3. The van der Waals surface area contributed by atoms with Gasteiger partial charge < -0.3 is 15.0 Å². The van der Waals surface area contributed by atoms with Crippen LogP contribution < -0.4 is 10.2 Å². The molecule has 6 heteroatoms. The van der Waals surface area contributed by atoms with E-state index in [2.05, 4.69) is 10.2 Å². The van der Waals surface area contributed by atoms with Gasteiger partial charge in [-0.15, -0.1) is 0 Å². The van der Waals surface area contributed by atoms with Crippen LogP contribution in [0, 0.1) is 0 Å². The highest BCUT2D eigenvalue weighted by Gasteiger charge is 2.18. The van der Waals surface area contributed by atoms with Crippen molar-refractivity contribution in [1.82, 2.24) is 0 Å². The summed E-state index contributed by atoms with van der Waals surface area (Å²) in [6.45, 7) is 2.88. The van der Waals surface area contributed by atoms with E-state index in [0.29, 0.717) is 34.5 Å². The summed E-state index contributed by atoms with van der Waals surface area (Å²) in [6, 6.07) is 12.4. The number of halogens is 2. The largest absolute Gasteiger partial charge is 0.378 e. The molecule has 2 aromatic carbocycles. The molecule has 0 spiro atoms. The summed E-state index contributed by atoms with van der Waals surface area (Å²) in [4.78, 5) is 14.7. The highest BCUT2D eigenvalue weighted by molar-refractivity contribution is 6.34. The smallest absolute Gasteiger partial charge is 0.257 e. The van der Waals surface area contributed by atoms with Crippen LogP contribution in [0.2, 0.25) is 10.0 Å². The van der Waals surface area contributed by atoms with E-state index in [0.717, 1.165) is 18.8 Å². The maximum Gasteiger partial charge on any atom is 0.257 e. The topological polar surface area (TPSA) is 41.6 Å². The van der Waals surface area contributed by atoms with Crippen molar-refractivity contribution < 1.29 is 9.53 Å². The summed E-state index contributed by atoms with van der Waals surface area (Å²) < 4.78 is 5.38. The van der Waals surface area contributed by atoms with Gasteiger partial charge in [-0.1, -0.05) is 35.3 Å². The Morgan fingerprint density at radius 1 is 1.09 bits per heavy atom. The van der Waals surface area contributed by atoms with Gasteiger partial charge in [-0.2, -0.15) is 0 Å². The molecule has 0 unspecified atom stereocenters. The number of carbonyl (C=O) groups is 1. The minimum absolute atomic E-state index is 0.257. The zero-order valence-electron chi connectivity index (χ0n) is 12.4. The second-order valence-electron chi connectivity index (χ2n) is 5.19. The van der Waals surface area contributed by atoms with Crippen LogP contribution in [0.15, 0.2) is 42.5 Å². The van der Waals surface area contributed by atoms with Crippen LogP contribution >= 0.6 is 23.2 Å². The molecule has 23 heavy (non-hydrogen) atoms. The summed E-state index contributed by atoms with van der Waals surface area (Å²) in [5.74, 6) is -0.257. The Morgan fingerprint density at radius 3 is 2.57 bits per heavy atom. The first-order valence-corrected chi connectivity index (χ1v) is 8.09. The van der Waals surface area contributed by atoms with E-state index in [1.807, 2.05) is 12.1 Å². The maximum atomic E-state index is 12.5. The van der Waals surface area contributed by atoms with Crippen LogP contribution in [-0.4, -0.2) is 32.2 Å². The molecule has 1 amide bonds. The van der Waals surface area contributed by atoms with Gasteiger partial charge in [-0.05, 0) is 30.3 Å². The quantitative estimate of drug-likeness (QED) is 0.906. The molecule has 1 aliphatic heterocycles. The number of nitrogens with one attached hydrogen (secondary N) is 1. The van der Waals surface area contributed by atoms with E-state index in [1.165, 1.54) is 0 Å². The molecule has 0 aliphatic carbocycles. The van der Waals surface area contributed by atoms with E-state index in [9.17, 15) is 4.79 Å². The maximum absolute atomic E-state index is 12.5. The molecule has 1 fully saturated rings. The fraction of sp³-hybridized carbons (Fsp3) is 0.235. The number of nitrogens with zero attached hydrogens (tertiary/aromatic N) is 1. The summed E-state index contributed by atoms with van der Waals surface area (Å²) in [7, 11) is 0. The van der Waals surface area contributed by atoms with Crippen LogP contribution in [0.4, 0.5) is 11.4 Å². The number of carbonyl (C=O) groups excluding carboxylic acids is 1. The molecule has 2 aromatic rings. The Kier molecular flexibility index (Phi) is 5.06. The lowest BCUT2D eigenvalue weighted by atomic mass is 10.2. The van der Waals surface area contributed by atoms with Crippen LogP contribution in [-0.2, 0) is 4.74 Å². The van der Waals surface area contributed by atoms with Crippen molar-refractivity contribution in [2.24, 2.45) is 0 Å². The summed E-state index contributed by atoms with van der Waals surface area (Å²) in [5.41, 5.74) is 2.03. The van der Waals surface area contributed by atoms with Crippen molar-refractivity contribution in [2.45, 2.75) is 0 Å². The van der Waals surface area contributed by atoms with Crippen LogP contribution in [0.1, 0.15) is 10.4 Å². The molecule has 0 bridgehead atoms. The number of hydrogen-bond donors (Lipinski definition) is 1. The summed E-state index contributed by atoms with van der Waals surface area (Å²) in [6.07, 6.45) is 0. The first-order chi connectivity index (χ1) is 11.1. The van der Waals surface area contributed by atoms with Crippen molar-refractivity contribution in [2.75, 3.05) is 36.5 Å². The van der Waals surface area contributed by atoms with E-state index in [-0.39, 0.29) is 5.91 Å². The number of amides is 1. The molecule has 4 nitrogen and oxygen atoms in total. The van der Waals surface area contributed by atoms with Crippen molar-refractivity contribution >= 4 is 40.5 Å². The molecule has 1 aliphatic rings. The van der Waals surface area contributed by atoms with Gasteiger partial charge in [-0.3, -0.25) is 4.79 Å². The molecule has 1 heterocycles. The summed E-state index contributed by atoms with van der Waals surface area (Å²) >= 11 is 12.2. The SMILES string of the molecule is O=C(Nc1cc(Cl)ccc1N1CCOCC1)c1ccccc1Cl. The van der Waals surface area contributed by atoms with Crippen molar-refractivity contribution in [3.63, 3.8) is 0 Å². The van der Waals surface area contributed by atoms with Crippen LogP contribution in [0.3, 0.4) is 0 Å². The molecule has 1 saturated heterocycles. The van der Waals surface area contributed by atoms with Gasteiger partial charge in [0.2, 0.25) is 0 Å². The Hall–Kier alpha value is -1.75. The van der Waals surface area contributed by atoms with E-state index < -0.39 is 0 Å². The number of benzene rings is 2. The molecular formula is C17H16Cl2N2O2. The van der Waals surface area contributed by atoms with Gasteiger partial charge in [0.05, 0.1) is 35.2 Å². The first kappa shape index (κ1) is 16.1. The molecular weight excluding hydrogens is 335 g/mol. The van der Waals surface area contributed by atoms with Crippen LogP contribution in [0.25, 0.3) is 0 Å². The molecule has 0 saturated carbocycles. The third kappa shape index (κ3) is 3.78. The minimum atomic E-state index is -0.257. The Morgan fingerprint density at radius 2 is 1.83 bits per heavy atom. The van der Waals surface area contributed by atoms with Gasteiger partial charge in [0.1, 0.15) is 0 Å². The lowest BCUT2D eigenvalue weighted by molar-refractivity contribution is 0.102. The molecule has 0 aromatic heterocycles. The van der Waals surface area contributed by atoms with Gasteiger partial charge in [0.15, 0.2) is 0 Å². The predicted octanol–water partition coefficient (Wildman–Crippen LogP) is 4.08. The number of ether oxygens (including phenoxy) is 1. The van der Waals surface area contributed by atoms with Crippen LogP contribution in [0.5, 0.6) is 0 Å². The molecule has 3 rings (SSSR count). The standard InChI is InChI=1S/C17H16Cl2N2O2/c18-12-5-6-16(21-7-9-23-10-8-21)15(11-12)20-17(22)13-3-1-2-4-14(13)19/h1-6,11H,7-10H2,(H,20,22). The second kappa shape index (κ2) is 7.21. The predicted molar refractivity (Wildman–Crippen MR) is 93.9 cm³/mol. The average Bonchev–Trinajstić information content (AvgIpc) is 2.56. The van der Waals surface area contributed by atoms with Gasteiger partial charge in [0, 0.05) is 18.1 Å². The van der Waals surface area contributed by atoms with Gasteiger partial charge >= 0.3 is 0 Å². The molecule has 1 N–H and O–H groups in total. The minimum Gasteiger partial charge on any atom is -0.378 e. The highest BCUT2D eigenvalue weighted by Crippen LogP contribution is 2.30. The van der Waals surface area contributed by atoms with Gasteiger partial charge in [-0.25, -0.2) is 0 Å². The number of anilines is 2. The zero-order chi connectivity index (χ0) is 16.2. The van der Waals surface area contributed by atoms with Crippen molar-refractivity contribution in [3.8, 4) is 0 Å². The van der Waals surface area contributed by atoms with E-state index in [4.69, 9.17) is 27.9 Å². The first-order valence-electron chi connectivity index (χ1n) is 7.33. The lowest BCUT2D eigenvalue weighted by Gasteiger charge is -2.30. The Labute approximate surface area is 144 Å². The van der Waals surface area contributed by atoms with E-state index >= 15 is 0 Å². The number of rotatable bonds is 3. The number of morpholine rings is 1. The fourth-order valence-electron chi connectivity index (χ4n) is 2.52. The zero-order valence-corrected chi connectivity index (χ0v) is 13.9.